The Hall–Kier alpha value is -0.970. The Kier molecular flexibility index (Phi) is 4.62. The number of hydrogen-bond acceptors (Lipinski definition) is 8. The van der Waals surface area contributed by atoms with Crippen molar-refractivity contribution in [3.8, 4) is 0 Å². The van der Waals surface area contributed by atoms with Crippen LogP contribution in [0, 0.1) is 0 Å². The van der Waals surface area contributed by atoms with Gasteiger partial charge in [-0.05, 0) is 0 Å². The number of aliphatic hydroxyl groups is 4. The number of ether oxygens (including phenoxy) is 2. The number of amides is 1. The molecule has 9 heteroatoms. The summed E-state index contributed by atoms with van der Waals surface area (Å²) in [5.74, 6) is -2.24. The van der Waals surface area contributed by atoms with Gasteiger partial charge < -0.3 is 29.9 Å². The van der Waals surface area contributed by atoms with Gasteiger partial charge in [0, 0.05) is 0 Å². The van der Waals surface area contributed by atoms with Crippen LogP contribution in [0.25, 0.3) is 0 Å². The third-order valence-electron chi connectivity index (χ3n) is 2.34. The molecule has 1 unspecified atom stereocenters. The zero-order valence-corrected chi connectivity index (χ0v) is 9.07. The van der Waals surface area contributed by atoms with Gasteiger partial charge in [0.2, 0.25) is 5.79 Å². The van der Waals surface area contributed by atoms with Crippen LogP contribution in [0.4, 0.5) is 4.79 Å². The number of carbonyl (C=O) groups excluding carboxylic acids is 1. The third-order valence-corrected chi connectivity index (χ3v) is 2.34. The molecule has 1 saturated heterocycles. The van der Waals surface area contributed by atoms with Crippen LogP contribution in [0.5, 0.6) is 0 Å². The highest BCUT2D eigenvalue weighted by Crippen LogP contribution is 2.28. The van der Waals surface area contributed by atoms with Crippen LogP contribution >= 0.6 is 0 Å². The quantitative estimate of drug-likeness (QED) is 0.336. The van der Waals surface area contributed by atoms with Gasteiger partial charge in [0.15, 0.2) is 0 Å². The molecule has 0 bridgehead atoms. The molecule has 1 aliphatic rings. The first kappa shape index (κ1) is 14.1. The predicted octanol–water partition coefficient (Wildman–Crippen LogP) is -2.92. The molecule has 1 aliphatic heterocycles. The van der Waals surface area contributed by atoms with Gasteiger partial charge in [-0.2, -0.15) is 5.48 Å². The van der Waals surface area contributed by atoms with E-state index in [-0.39, 0.29) is 6.61 Å². The minimum atomic E-state index is -2.24. The third kappa shape index (κ3) is 3.03. The van der Waals surface area contributed by atoms with Crippen molar-refractivity contribution in [3.63, 3.8) is 0 Å². The average Bonchev–Trinajstić information content (AvgIpc) is 2.54. The van der Waals surface area contributed by atoms with Crippen molar-refractivity contribution in [3.05, 3.63) is 0 Å². The van der Waals surface area contributed by atoms with Crippen LogP contribution in [0.2, 0.25) is 0 Å². The fraction of sp³-hybridized carbons (Fsp3) is 0.875. The van der Waals surface area contributed by atoms with Crippen molar-refractivity contribution in [2.45, 2.75) is 24.1 Å². The molecule has 9 nitrogen and oxygen atoms in total. The van der Waals surface area contributed by atoms with Gasteiger partial charge in [-0.1, -0.05) is 0 Å². The van der Waals surface area contributed by atoms with Crippen LogP contribution in [0.15, 0.2) is 0 Å². The smallest absolute Gasteiger partial charge is 0.431 e. The van der Waals surface area contributed by atoms with E-state index in [1.165, 1.54) is 0 Å². The SMILES string of the molecule is COC(=O)NOC[C@H]1OC(O)(CO)[C@H](O)[C@@H]1O. The lowest BCUT2D eigenvalue weighted by Crippen LogP contribution is -2.46. The Morgan fingerprint density at radius 3 is 2.65 bits per heavy atom. The summed E-state index contributed by atoms with van der Waals surface area (Å²) in [4.78, 5) is 15.2. The summed E-state index contributed by atoms with van der Waals surface area (Å²) in [6.45, 7) is -1.22. The second-order valence-electron chi connectivity index (χ2n) is 3.50. The number of rotatable bonds is 4. The first-order chi connectivity index (χ1) is 7.94. The van der Waals surface area contributed by atoms with E-state index in [1.54, 1.807) is 0 Å². The summed E-state index contributed by atoms with van der Waals surface area (Å²) in [5.41, 5.74) is 1.86. The molecule has 0 saturated carbocycles. The second-order valence-corrected chi connectivity index (χ2v) is 3.50. The minimum absolute atomic E-state index is 0.338. The molecule has 4 atom stereocenters. The van der Waals surface area contributed by atoms with Gasteiger partial charge in [-0.3, -0.25) is 4.84 Å². The molecule has 1 rings (SSSR count). The van der Waals surface area contributed by atoms with Crippen LogP contribution < -0.4 is 5.48 Å². The standard InChI is InChI=1S/C8H15NO8/c1-15-7(13)9-16-2-4-5(11)6(12)8(14,3-10)17-4/h4-6,10-12,14H,2-3H2,1H3,(H,9,13)/t4-,5-,6-,8?/m1/s1. The maximum Gasteiger partial charge on any atom is 0.431 e. The highest BCUT2D eigenvalue weighted by atomic mass is 16.7. The first-order valence-corrected chi connectivity index (χ1v) is 4.77. The van der Waals surface area contributed by atoms with Gasteiger partial charge in [-0.15, -0.1) is 0 Å². The summed E-state index contributed by atoms with van der Waals surface area (Å²) in [6, 6.07) is 0. The monoisotopic (exact) mass is 253 g/mol. The molecular formula is C8H15NO8. The van der Waals surface area contributed by atoms with E-state index in [2.05, 4.69) is 9.57 Å². The highest BCUT2D eigenvalue weighted by molar-refractivity contribution is 5.65. The number of carbonyl (C=O) groups is 1. The van der Waals surface area contributed by atoms with E-state index in [0.717, 1.165) is 7.11 Å². The molecule has 0 spiro atoms. The second kappa shape index (κ2) is 5.58. The van der Waals surface area contributed by atoms with E-state index >= 15 is 0 Å². The Balaban J connectivity index is 2.43. The largest absolute Gasteiger partial charge is 0.451 e. The van der Waals surface area contributed by atoms with Crippen LogP contribution in [-0.2, 0) is 14.3 Å². The number of aliphatic hydroxyl groups excluding tert-OH is 3. The number of hydroxylamine groups is 1. The molecule has 0 aliphatic carbocycles. The van der Waals surface area contributed by atoms with E-state index in [4.69, 9.17) is 9.84 Å². The Morgan fingerprint density at radius 2 is 2.18 bits per heavy atom. The molecule has 0 radical (unpaired) electrons. The first-order valence-electron chi connectivity index (χ1n) is 4.77. The van der Waals surface area contributed by atoms with E-state index in [1.807, 2.05) is 5.48 Å². The Morgan fingerprint density at radius 1 is 1.53 bits per heavy atom. The summed E-state index contributed by atoms with van der Waals surface area (Å²) in [7, 11) is 1.13. The molecule has 1 amide bonds. The predicted molar refractivity (Wildman–Crippen MR) is 50.4 cm³/mol. The fourth-order valence-electron chi connectivity index (χ4n) is 1.36. The van der Waals surface area contributed by atoms with Crippen molar-refractivity contribution in [2.24, 2.45) is 0 Å². The maximum atomic E-state index is 10.6. The van der Waals surface area contributed by atoms with Crippen molar-refractivity contribution in [1.29, 1.82) is 0 Å². The zero-order valence-electron chi connectivity index (χ0n) is 9.07. The molecule has 0 aromatic heterocycles. The number of hydrogen-bond donors (Lipinski definition) is 5. The van der Waals surface area contributed by atoms with Crippen molar-refractivity contribution >= 4 is 6.09 Å². The summed E-state index contributed by atoms with van der Waals surface area (Å²) < 4.78 is 9.03. The van der Waals surface area contributed by atoms with Gasteiger partial charge in [0.1, 0.15) is 24.9 Å². The molecule has 5 N–H and O–H groups in total. The van der Waals surface area contributed by atoms with Gasteiger partial charge >= 0.3 is 6.09 Å². The minimum Gasteiger partial charge on any atom is -0.451 e. The highest BCUT2D eigenvalue weighted by Gasteiger charge is 2.53. The Bertz CT molecular complexity index is 274. The molecule has 17 heavy (non-hydrogen) atoms. The van der Waals surface area contributed by atoms with Crippen molar-refractivity contribution in [1.82, 2.24) is 5.48 Å². The summed E-state index contributed by atoms with van der Waals surface area (Å²) in [6.07, 6.45) is -5.07. The number of methoxy groups -OCH3 is 1. The molecule has 100 valence electrons. The van der Waals surface area contributed by atoms with Crippen molar-refractivity contribution in [2.75, 3.05) is 20.3 Å². The van der Waals surface area contributed by atoms with Gasteiger partial charge in [0.05, 0.1) is 13.7 Å². The lowest BCUT2D eigenvalue weighted by atomic mass is 10.1. The lowest BCUT2D eigenvalue weighted by molar-refractivity contribution is -0.250. The molecular weight excluding hydrogens is 238 g/mol. The lowest BCUT2D eigenvalue weighted by Gasteiger charge is -2.22. The average molecular weight is 253 g/mol. The molecule has 1 fully saturated rings. The molecule has 0 aromatic rings. The zero-order chi connectivity index (χ0) is 13.1. The van der Waals surface area contributed by atoms with Gasteiger partial charge in [0.25, 0.3) is 0 Å². The summed E-state index contributed by atoms with van der Waals surface area (Å²) >= 11 is 0. The molecule has 1 heterocycles. The maximum absolute atomic E-state index is 10.6. The Labute approximate surface area is 96.5 Å². The van der Waals surface area contributed by atoms with E-state index in [0.29, 0.717) is 0 Å². The normalized spacial score (nSPS) is 36.9. The number of nitrogens with one attached hydrogen (secondary N) is 1. The van der Waals surface area contributed by atoms with Gasteiger partial charge in [-0.25, -0.2) is 4.79 Å². The van der Waals surface area contributed by atoms with Crippen LogP contribution in [0.1, 0.15) is 0 Å². The topological polar surface area (TPSA) is 138 Å². The van der Waals surface area contributed by atoms with Crippen molar-refractivity contribution < 1.29 is 39.5 Å². The summed E-state index contributed by atoms with van der Waals surface area (Å²) in [5, 5.41) is 37.2. The fourth-order valence-corrected chi connectivity index (χ4v) is 1.36. The van der Waals surface area contributed by atoms with E-state index in [9.17, 15) is 20.1 Å². The molecule has 0 aromatic carbocycles. The van der Waals surface area contributed by atoms with Crippen LogP contribution in [-0.4, -0.2) is 70.9 Å². The van der Waals surface area contributed by atoms with Crippen LogP contribution in [0.3, 0.4) is 0 Å². The van der Waals surface area contributed by atoms with E-state index < -0.39 is 36.8 Å².